The predicted octanol–water partition coefficient (Wildman–Crippen LogP) is -1.19. The molecule has 0 fully saturated rings. The van der Waals surface area contributed by atoms with Crippen molar-refractivity contribution in [3.63, 3.8) is 0 Å². The Hall–Kier alpha value is -0.170. The summed E-state index contributed by atoms with van der Waals surface area (Å²) in [6.45, 7) is 2.49. The molecule has 0 aromatic carbocycles. The Bertz CT molecular complexity index is 190. The van der Waals surface area contributed by atoms with E-state index in [-0.39, 0.29) is 0 Å². The number of aliphatic hydroxyl groups excluding tert-OH is 1. The van der Waals surface area contributed by atoms with Gasteiger partial charge in [0.1, 0.15) is 0 Å². The van der Waals surface area contributed by atoms with Gasteiger partial charge in [-0.15, -0.1) is 0 Å². The first kappa shape index (κ1) is 10.8. The van der Waals surface area contributed by atoms with Crippen LogP contribution in [-0.4, -0.2) is 32.7 Å². The standard InChI is InChI=1S/C5H14N2O3S/c1-3-4-6-5(8)7-11(2,9)10/h5-8H,3-4H2,1-2H3. The number of sulfonamides is 1. The van der Waals surface area contributed by atoms with E-state index < -0.39 is 16.4 Å². The smallest absolute Gasteiger partial charge is 0.211 e. The van der Waals surface area contributed by atoms with Crippen molar-refractivity contribution in [2.24, 2.45) is 0 Å². The van der Waals surface area contributed by atoms with Crippen LogP contribution in [0.2, 0.25) is 0 Å². The van der Waals surface area contributed by atoms with Crippen LogP contribution in [0.3, 0.4) is 0 Å². The molecule has 3 N–H and O–H groups in total. The molecule has 0 amide bonds. The van der Waals surface area contributed by atoms with Crippen LogP contribution in [0.1, 0.15) is 13.3 Å². The molecule has 0 radical (unpaired) electrons. The average Bonchev–Trinajstić information content (AvgIpc) is 1.79. The maximum absolute atomic E-state index is 10.5. The van der Waals surface area contributed by atoms with Gasteiger partial charge in [-0.2, -0.15) is 4.72 Å². The molecular weight excluding hydrogens is 168 g/mol. The highest BCUT2D eigenvalue weighted by Gasteiger charge is 2.07. The highest BCUT2D eigenvalue weighted by Crippen LogP contribution is 1.78. The van der Waals surface area contributed by atoms with Crippen LogP contribution in [0, 0.1) is 0 Å². The van der Waals surface area contributed by atoms with Crippen molar-refractivity contribution in [1.82, 2.24) is 10.0 Å². The maximum atomic E-state index is 10.5. The van der Waals surface area contributed by atoms with Crippen LogP contribution in [0.25, 0.3) is 0 Å². The molecule has 0 saturated heterocycles. The number of nitrogens with one attached hydrogen (secondary N) is 2. The molecule has 0 aromatic heterocycles. The molecule has 1 atom stereocenters. The zero-order valence-electron chi connectivity index (χ0n) is 6.66. The van der Waals surface area contributed by atoms with Gasteiger partial charge in [0, 0.05) is 0 Å². The molecule has 11 heavy (non-hydrogen) atoms. The Morgan fingerprint density at radius 1 is 1.55 bits per heavy atom. The molecule has 0 aliphatic heterocycles. The van der Waals surface area contributed by atoms with Crippen molar-refractivity contribution in [2.45, 2.75) is 19.7 Å². The second kappa shape index (κ2) is 4.66. The van der Waals surface area contributed by atoms with Gasteiger partial charge < -0.3 is 5.11 Å². The van der Waals surface area contributed by atoms with E-state index in [9.17, 15) is 8.42 Å². The van der Waals surface area contributed by atoms with Crippen molar-refractivity contribution >= 4 is 10.0 Å². The number of hydrogen-bond donors (Lipinski definition) is 3. The molecule has 0 aromatic rings. The summed E-state index contributed by atoms with van der Waals surface area (Å²) in [5.74, 6) is 0. The van der Waals surface area contributed by atoms with Crippen LogP contribution in [0.5, 0.6) is 0 Å². The third-order valence-corrected chi connectivity index (χ3v) is 1.56. The second-order valence-electron chi connectivity index (χ2n) is 2.25. The monoisotopic (exact) mass is 182 g/mol. The van der Waals surface area contributed by atoms with Gasteiger partial charge in [-0.05, 0) is 13.0 Å². The summed E-state index contributed by atoms with van der Waals surface area (Å²) in [6.07, 6.45) is 0.650. The minimum atomic E-state index is -3.32. The van der Waals surface area contributed by atoms with Crippen molar-refractivity contribution in [3.8, 4) is 0 Å². The molecule has 0 spiro atoms. The summed E-state index contributed by atoms with van der Waals surface area (Å²) < 4.78 is 23.0. The first-order valence-corrected chi connectivity index (χ1v) is 5.23. The fourth-order valence-corrected chi connectivity index (χ4v) is 1.01. The molecule has 0 bridgehead atoms. The quantitative estimate of drug-likeness (QED) is 0.467. The minimum absolute atomic E-state index is 0.573. The fraction of sp³-hybridized carbons (Fsp3) is 1.00. The number of aliphatic hydroxyl groups is 1. The van der Waals surface area contributed by atoms with Gasteiger partial charge >= 0.3 is 0 Å². The topological polar surface area (TPSA) is 78.4 Å². The zero-order chi connectivity index (χ0) is 8.91. The molecule has 6 heteroatoms. The Kier molecular flexibility index (Phi) is 4.58. The zero-order valence-corrected chi connectivity index (χ0v) is 7.48. The summed E-state index contributed by atoms with van der Waals surface area (Å²) >= 11 is 0. The summed E-state index contributed by atoms with van der Waals surface area (Å²) in [5.41, 5.74) is 0. The minimum Gasteiger partial charge on any atom is -0.365 e. The van der Waals surface area contributed by atoms with Gasteiger partial charge in [-0.3, -0.25) is 5.32 Å². The van der Waals surface area contributed by atoms with Gasteiger partial charge in [0.2, 0.25) is 10.0 Å². The first-order valence-electron chi connectivity index (χ1n) is 3.34. The second-order valence-corrected chi connectivity index (χ2v) is 4.03. The number of rotatable bonds is 5. The van der Waals surface area contributed by atoms with Gasteiger partial charge in [-0.25, -0.2) is 8.42 Å². The SMILES string of the molecule is CCCNC(O)NS(C)(=O)=O. The van der Waals surface area contributed by atoms with Crippen LogP contribution in [-0.2, 0) is 10.0 Å². The molecule has 0 heterocycles. The molecule has 5 nitrogen and oxygen atoms in total. The van der Waals surface area contributed by atoms with Crippen molar-refractivity contribution in [1.29, 1.82) is 0 Å². The third kappa shape index (κ3) is 7.73. The van der Waals surface area contributed by atoms with Gasteiger partial charge in [0.05, 0.1) is 6.26 Å². The molecule has 0 rings (SSSR count). The van der Waals surface area contributed by atoms with Crippen LogP contribution >= 0.6 is 0 Å². The Morgan fingerprint density at radius 2 is 2.09 bits per heavy atom. The first-order chi connectivity index (χ1) is 4.95. The average molecular weight is 182 g/mol. The summed E-state index contributed by atoms with van der Waals surface area (Å²) in [4.78, 5) is 0. The van der Waals surface area contributed by atoms with Crippen LogP contribution in [0.4, 0.5) is 0 Å². The van der Waals surface area contributed by atoms with E-state index in [0.717, 1.165) is 12.7 Å². The van der Waals surface area contributed by atoms with Gasteiger partial charge in [-0.1, -0.05) is 6.92 Å². The highest BCUT2D eigenvalue weighted by atomic mass is 32.2. The predicted molar refractivity (Wildman–Crippen MR) is 42.3 cm³/mol. The van der Waals surface area contributed by atoms with Crippen LogP contribution < -0.4 is 10.0 Å². The lowest BCUT2D eigenvalue weighted by Crippen LogP contribution is -2.44. The van der Waals surface area contributed by atoms with Gasteiger partial charge in [0.25, 0.3) is 0 Å². The Labute approximate surface area is 66.9 Å². The Balaban J connectivity index is 3.61. The van der Waals surface area contributed by atoms with Gasteiger partial charge in [0.15, 0.2) is 6.35 Å². The fourth-order valence-electron chi connectivity index (χ4n) is 0.525. The number of hydrogen-bond acceptors (Lipinski definition) is 4. The molecule has 0 aliphatic carbocycles. The van der Waals surface area contributed by atoms with E-state index in [4.69, 9.17) is 5.11 Å². The van der Waals surface area contributed by atoms with Crippen molar-refractivity contribution < 1.29 is 13.5 Å². The molecule has 0 aliphatic rings. The van der Waals surface area contributed by atoms with E-state index in [1.54, 1.807) is 0 Å². The molecule has 0 saturated carbocycles. The van der Waals surface area contributed by atoms with Crippen molar-refractivity contribution in [3.05, 3.63) is 0 Å². The summed E-state index contributed by atoms with van der Waals surface area (Å²) in [6, 6.07) is 0. The van der Waals surface area contributed by atoms with E-state index in [2.05, 4.69) is 5.32 Å². The highest BCUT2D eigenvalue weighted by molar-refractivity contribution is 7.88. The summed E-state index contributed by atoms with van der Waals surface area (Å²) in [5, 5.41) is 11.5. The lowest BCUT2D eigenvalue weighted by Gasteiger charge is -2.11. The van der Waals surface area contributed by atoms with E-state index in [0.29, 0.717) is 6.54 Å². The third-order valence-electron chi connectivity index (χ3n) is 0.913. The molecule has 1 unspecified atom stereocenters. The molecular formula is C5H14N2O3S. The molecule has 68 valence electrons. The van der Waals surface area contributed by atoms with Crippen molar-refractivity contribution in [2.75, 3.05) is 12.8 Å². The van der Waals surface area contributed by atoms with E-state index in [1.165, 1.54) is 0 Å². The lowest BCUT2D eigenvalue weighted by molar-refractivity contribution is 0.127. The van der Waals surface area contributed by atoms with E-state index in [1.807, 2.05) is 11.6 Å². The largest absolute Gasteiger partial charge is 0.365 e. The van der Waals surface area contributed by atoms with E-state index >= 15 is 0 Å². The Morgan fingerprint density at radius 3 is 2.45 bits per heavy atom. The summed E-state index contributed by atoms with van der Waals surface area (Å²) in [7, 11) is -3.32. The lowest BCUT2D eigenvalue weighted by atomic mass is 10.5. The maximum Gasteiger partial charge on any atom is 0.211 e. The normalized spacial score (nSPS) is 14.8. The van der Waals surface area contributed by atoms with Crippen LogP contribution in [0.15, 0.2) is 0 Å².